The fourth-order valence-corrected chi connectivity index (χ4v) is 10.3. The number of anilines is 2. The van der Waals surface area contributed by atoms with Crippen LogP contribution in [-0.4, -0.2) is 49.1 Å². The first-order valence-corrected chi connectivity index (χ1v) is 20.4. The molecule has 274 valence electrons. The molecule has 0 radical (unpaired) electrons. The van der Waals surface area contributed by atoms with Gasteiger partial charge in [-0.2, -0.15) is 0 Å². The Morgan fingerprint density at radius 3 is 1.36 bits per heavy atom. The number of ether oxygens (including phenoxy) is 3. The van der Waals surface area contributed by atoms with Gasteiger partial charge in [-0.05, 0) is 62.7 Å². The second-order valence-electron chi connectivity index (χ2n) is 11.3. The minimum Gasteiger partial charge on any atom is -0.494 e. The molecule has 0 atom stereocenters. The molecule has 2 aromatic heterocycles. The van der Waals surface area contributed by atoms with Crippen LogP contribution in [0, 0.1) is 0 Å². The molecule has 8 nitrogen and oxygen atoms in total. The highest BCUT2D eigenvalue weighted by molar-refractivity contribution is 7.74. The van der Waals surface area contributed by atoms with Gasteiger partial charge in [-0.25, -0.2) is 14.8 Å². The van der Waals surface area contributed by atoms with Crippen LogP contribution in [0.5, 0.6) is 11.5 Å². The molecule has 0 spiro atoms. The third-order valence-electron chi connectivity index (χ3n) is 7.65. The molecule has 0 aliphatic carbocycles. The number of carbonyl (C=O) groups excluding carboxylic acids is 1. The van der Waals surface area contributed by atoms with Crippen LogP contribution in [0.1, 0.15) is 23.8 Å². The molecule has 0 bridgehead atoms. The molecule has 0 saturated carbocycles. The molecule has 0 unspecified atom stereocenters. The summed E-state index contributed by atoms with van der Waals surface area (Å²) in [4.78, 5) is 18.9. The summed E-state index contributed by atoms with van der Waals surface area (Å²) in [6.07, 6.45) is 6.58. The highest BCUT2D eigenvalue weighted by Crippen LogP contribution is 2.39. The van der Waals surface area contributed by atoms with Crippen LogP contribution in [0.15, 0.2) is 146 Å². The Balaban J connectivity index is 0.000000216. The normalized spacial score (nSPS) is 10.4. The van der Waals surface area contributed by atoms with Gasteiger partial charge in [-0.15, -0.1) is 0 Å². The van der Waals surface area contributed by atoms with Crippen LogP contribution >= 0.6 is 27.4 Å². The van der Waals surface area contributed by atoms with Gasteiger partial charge in [0.25, 0.3) is 0 Å². The number of nitrogens with two attached hydrogens (primary N) is 2. The third-order valence-corrected chi connectivity index (χ3v) is 13.1. The van der Waals surface area contributed by atoms with Crippen LogP contribution in [0.2, 0.25) is 5.15 Å². The fraction of sp³-hybridized carbons (Fsp3) is 0.167. The van der Waals surface area contributed by atoms with Crippen molar-refractivity contribution >= 4 is 66.0 Å². The van der Waals surface area contributed by atoms with E-state index in [0.717, 1.165) is 0 Å². The van der Waals surface area contributed by atoms with Crippen molar-refractivity contribution in [3.8, 4) is 11.5 Å². The van der Waals surface area contributed by atoms with Gasteiger partial charge in [0.15, 0.2) is 22.3 Å². The van der Waals surface area contributed by atoms with Crippen molar-refractivity contribution in [2.45, 2.75) is 13.3 Å². The van der Waals surface area contributed by atoms with E-state index in [1.54, 1.807) is 13.0 Å². The van der Waals surface area contributed by atoms with Crippen LogP contribution in [0.4, 0.5) is 11.4 Å². The number of esters is 1. The molecule has 0 saturated heterocycles. The molecular formula is C42H45ClN4O4P2. The fourth-order valence-electron chi connectivity index (χ4n) is 5.19. The van der Waals surface area contributed by atoms with Crippen LogP contribution in [-0.2, 0) is 4.74 Å². The number of nitrogen functional groups attached to an aromatic ring is 2. The summed E-state index contributed by atoms with van der Waals surface area (Å²) in [7, 11) is 2.34. The van der Waals surface area contributed by atoms with E-state index in [1.807, 2.05) is 0 Å². The number of benzene rings is 4. The van der Waals surface area contributed by atoms with E-state index >= 15 is 0 Å². The summed E-state index contributed by atoms with van der Waals surface area (Å²) in [5.41, 5.74) is 12.0. The monoisotopic (exact) mass is 766 g/mol. The lowest BCUT2D eigenvalue weighted by Gasteiger charge is -2.22. The number of rotatable bonds is 12. The molecule has 0 amide bonds. The third kappa shape index (κ3) is 12.9. The van der Waals surface area contributed by atoms with E-state index in [-0.39, 0.29) is 21.5 Å². The van der Waals surface area contributed by atoms with Gasteiger partial charge in [0, 0.05) is 12.1 Å². The molecule has 0 aliphatic heterocycles. The lowest BCUT2D eigenvalue weighted by atomic mass is 10.3. The Labute approximate surface area is 320 Å². The molecule has 53 heavy (non-hydrogen) atoms. The summed E-state index contributed by atoms with van der Waals surface area (Å²) in [5.74, 6) is 0.314. The average molecular weight is 767 g/mol. The zero-order valence-electron chi connectivity index (χ0n) is 30.1. The van der Waals surface area contributed by atoms with E-state index in [1.165, 1.54) is 72.6 Å². The molecule has 4 N–H and O–H groups in total. The van der Waals surface area contributed by atoms with Gasteiger partial charge in [0.1, 0.15) is 0 Å². The van der Waals surface area contributed by atoms with Crippen molar-refractivity contribution in [2.24, 2.45) is 0 Å². The number of carbonyl (C=O) groups is 1. The number of pyridine rings is 2. The van der Waals surface area contributed by atoms with Gasteiger partial charge in [0.2, 0.25) is 0 Å². The van der Waals surface area contributed by atoms with Crippen LogP contribution < -0.4 is 42.2 Å². The SMILES string of the molecule is CCOC(=O)c1ncc(N)cc1OC.COc1cc(N)cnc1Cl.c1ccc(P(CCCP(c2ccccc2)c2ccccc2)c2ccccc2)cc1. The maximum absolute atomic E-state index is 11.3. The topological polar surface area (TPSA) is 123 Å². The van der Waals surface area contributed by atoms with Crippen molar-refractivity contribution in [2.75, 3.05) is 44.6 Å². The zero-order chi connectivity index (χ0) is 37.8. The maximum Gasteiger partial charge on any atom is 0.360 e. The molecular weight excluding hydrogens is 722 g/mol. The molecule has 6 rings (SSSR count). The Bertz CT molecular complexity index is 1800. The van der Waals surface area contributed by atoms with Gasteiger partial charge < -0.3 is 25.7 Å². The predicted molar refractivity (Wildman–Crippen MR) is 224 cm³/mol. The number of aromatic nitrogens is 2. The minimum atomic E-state index is -0.510. The first kappa shape index (κ1) is 40.8. The standard InChI is InChI=1S/C27H26P2.C9H12N2O3.C6H7ClN2O/c1-5-14-24(15-6-1)28(25-16-7-2-8-17-25)22-13-23-29(26-18-9-3-10-19-26)27-20-11-4-12-21-27;1-3-14-9(12)8-7(13-2)4-6(10)5-11-8;1-10-5-2-4(8)3-9-6(5)7/h1-12,14-21H,13,22-23H2;4-5H,3,10H2,1-2H3;2-3H,8H2,1H3. The largest absolute Gasteiger partial charge is 0.494 e. The molecule has 0 fully saturated rings. The number of nitrogens with zero attached hydrogens (tertiary/aromatic N) is 2. The van der Waals surface area contributed by atoms with Gasteiger partial charge in [-0.3, -0.25) is 0 Å². The Kier molecular flexibility index (Phi) is 17.0. The number of hydrogen-bond donors (Lipinski definition) is 2. The second kappa shape index (κ2) is 22.2. The van der Waals surface area contributed by atoms with E-state index in [2.05, 4.69) is 131 Å². The van der Waals surface area contributed by atoms with Gasteiger partial charge in [-0.1, -0.05) is 133 Å². The summed E-state index contributed by atoms with van der Waals surface area (Å²) in [6.45, 7) is 2.02. The Morgan fingerprint density at radius 2 is 1.00 bits per heavy atom. The summed E-state index contributed by atoms with van der Waals surface area (Å²) >= 11 is 5.60. The average Bonchev–Trinajstić information content (AvgIpc) is 3.20. The van der Waals surface area contributed by atoms with Gasteiger partial charge >= 0.3 is 5.97 Å². The van der Waals surface area contributed by atoms with E-state index in [9.17, 15) is 4.79 Å². The highest BCUT2D eigenvalue weighted by atomic mass is 35.5. The molecule has 6 aromatic rings. The first-order valence-electron chi connectivity index (χ1n) is 17.0. The number of halogens is 1. The Morgan fingerprint density at radius 1 is 0.623 bits per heavy atom. The maximum atomic E-state index is 11.3. The molecule has 2 heterocycles. The Hall–Kier alpha value is -5.00. The summed E-state index contributed by atoms with van der Waals surface area (Å²) in [5, 5.41) is 6.27. The quantitative estimate of drug-likeness (QED) is 0.0735. The zero-order valence-corrected chi connectivity index (χ0v) is 32.7. The second-order valence-corrected chi connectivity index (χ2v) is 16.3. The minimum absolute atomic E-state index is 0.142. The molecule has 4 aromatic carbocycles. The summed E-state index contributed by atoms with van der Waals surface area (Å²) in [6, 6.07) is 47.4. The van der Waals surface area contributed by atoms with Crippen molar-refractivity contribution in [1.82, 2.24) is 9.97 Å². The molecule has 0 aliphatic rings. The van der Waals surface area contributed by atoms with Gasteiger partial charge in [0.05, 0.1) is 44.6 Å². The smallest absolute Gasteiger partial charge is 0.360 e. The number of methoxy groups -OCH3 is 2. The van der Waals surface area contributed by atoms with Crippen molar-refractivity contribution < 1.29 is 19.0 Å². The van der Waals surface area contributed by atoms with Crippen LogP contribution in [0.25, 0.3) is 0 Å². The summed E-state index contributed by atoms with van der Waals surface area (Å²) < 4.78 is 14.6. The first-order chi connectivity index (χ1) is 25.8. The van der Waals surface area contributed by atoms with E-state index < -0.39 is 5.97 Å². The van der Waals surface area contributed by atoms with Crippen molar-refractivity contribution in [3.05, 3.63) is 157 Å². The lowest BCUT2D eigenvalue weighted by Crippen LogP contribution is -2.17. The van der Waals surface area contributed by atoms with Crippen LogP contribution in [0.3, 0.4) is 0 Å². The number of hydrogen-bond acceptors (Lipinski definition) is 8. The highest BCUT2D eigenvalue weighted by Gasteiger charge is 2.17. The lowest BCUT2D eigenvalue weighted by molar-refractivity contribution is 0.0515. The van der Waals surface area contributed by atoms with Crippen molar-refractivity contribution in [3.63, 3.8) is 0 Å². The molecule has 11 heteroatoms. The predicted octanol–water partition coefficient (Wildman–Crippen LogP) is 7.82. The van der Waals surface area contributed by atoms with Crippen molar-refractivity contribution in [1.29, 1.82) is 0 Å². The van der Waals surface area contributed by atoms with E-state index in [4.69, 9.17) is 37.3 Å². The van der Waals surface area contributed by atoms with E-state index in [0.29, 0.717) is 34.6 Å².